The summed E-state index contributed by atoms with van der Waals surface area (Å²) in [6.07, 6.45) is 0. The maximum atomic E-state index is 13.2. The van der Waals surface area contributed by atoms with E-state index < -0.39 is 50.2 Å². The van der Waals surface area contributed by atoms with Crippen molar-refractivity contribution in [3.05, 3.63) is 102 Å². The molecule has 0 radical (unpaired) electrons. The number of amides is 1. The summed E-state index contributed by atoms with van der Waals surface area (Å²) in [5.41, 5.74) is -1.65. The van der Waals surface area contributed by atoms with Crippen LogP contribution in [0.1, 0.15) is 16.1 Å². The number of halogens is 1. The molecule has 16 heteroatoms. The molecule has 2 aromatic heterocycles. The average Bonchev–Trinajstić information content (AvgIpc) is 3.16. The van der Waals surface area contributed by atoms with Crippen molar-refractivity contribution in [3.63, 3.8) is 0 Å². The summed E-state index contributed by atoms with van der Waals surface area (Å²) in [7, 11) is -0.188. The smallest absolute Gasteiger partial charge is 0.340 e. The first kappa shape index (κ1) is 30.1. The monoisotopic (exact) mass is 616 g/mol. The van der Waals surface area contributed by atoms with Crippen LogP contribution in [0.5, 0.6) is 0 Å². The number of hydrogen-bond acceptors (Lipinski definition) is 8. The Kier molecular flexibility index (Phi) is 8.26. The van der Waals surface area contributed by atoms with E-state index in [2.05, 4.69) is 10.0 Å². The van der Waals surface area contributed by atoms with E-state index in [1.54, 1.807) is 44.3 Å². The highest BCUT2D eigenvalue weighted by Gasteiger charge is 2.25. The van der Waals surface area contributed by atoms with Crippen LogP contribution in [0.15, 0.2) is 73.9 Å². The van der Waals surface area contributed by atoms with E-state index in [-0.39, 0.29) is 22.1 Å². The zero-order valence-electron chi connectivity index (χ0n) is 22.7. The van der Waals surface area contributed by atoms with E-state index in [1.165, 1.54) is 23.5 Å². The maximum absolute atomic E-state index is 13.2. The number of aromatic nitrogens is 4. The second-order valence-electron chi connectivity index (χ2n) is 9.08. The number of anilines is 2. The van der Waals surface area contributed by atoms with Crippen molar-refractivity contribution in [3.8, 4) is 5.69 Å². The minimum Gasteiger partial charge on any atom is -0.452 e. The number of esters is 1. The van der Waals surface area contributed by atoms with Gasteiger partial charge in [0.15, 0.2) is 6.61 Å². The van der Waals surface area contributed by atoms with Crippen LogP contribution in [0.2, 0.25) is 5.02 Å². The lowest BCUT2D eigenvalue weighted by Crippen LogP contribution is -2.38. The largest absolute Gasteiger partial charge is 0.452 e. The van der Waals surface area contributed by atoms with Crippen LogP contribution < -0.4 is 26.8 Å². The van der Waals surface area contributed by atoms with Crippen LogP contribution >= 0.6 is 11.6 Å². The number of rotatable bonds is 8. The van der Waals surface area contributed by atoms with E-state index in [9.17, 15) is 32.4 Å². The van der Waals surface area contributed by atoms with Gasteiger partial charge < -0.3 is 10.1 Å². The van der Waals surface area contributed by atoms with Crippen LogP contribution in [0, 0.1) is 6.92 Å². The van der Waals surface area contributed by atoms with Crippen molar-refractivity contribution in [2.45, 2.75) is 11.8 Å². The molecule has 0 atom stereocenters. The Balaban J connectivity index is 1.53. The molecular formula is C26H25ClN6O8S. The second-order valence-corrected chi connectivity index (χ2v) is 11.2. The van der Waals surface area contributed by atoms with Crippen LogP contribution in [0.4, 0.5) is 11.5 Å². The molecule has 14 nitrogen and oxygen atoms in total. The molecule has 0 unspecified atom stereocenters. The lowest BCUT2D eigenvalue weighted by molar-refractivity contribution is -0.119. The third-order valence-electron chi connectivity index (χ3n) is 6.39. The van der Waals surface area contributed by atoms with Crippen molar-refractivity contribution in [2.75, 3.05) is 16.6 Å². The fraction of sp³-hybridized carbons (Fsp3) is 0.192. The molecule has 0 fully saturated rings. The number of carbonyl (C=O) groups is 2. The van der Waals surface area contributed by atoms with Crippen LogP contribution in [-0.2, 0) is 40.7 Å². The molecule has 0 aliphatic carbocycles. The first-order chi connectivity index (χ1) is 19.7. The Labute approximate surface area is 243 Å². The van der Waals surface area contributed by atoms with Gasteiger partial charge in [0, 0.05) is 27.2 Å². The lowest BCUT2D eigenvalue weighted by atomic mass is 10.2. The van der Waals surface area contributed by atoms with Crippen LogP contribution in [-0.4, -0.2) is 45.4 Å². The molecule has 1 amide bonds. The van der Waals surface area contributed by atoms with Gasteiger partial charge in [0.1, 0.15) is 11.5 Å². The van der Waals surface area contributed by atoms with E-state index in [1.807, 2.05) is 0 Å². The molecule has 0 saturated carbocycles. The van der Waals surface area contributed by atoms with E-state index in [4.69, 9.17) is 16.3 Å². The normalized spacial score (nSPS) is 11.3. The Hall–Kier alpha value is -4.89. The number of hydrogen-bond donors (Lipinski definition) is 2. The van der Waals surface area contributed by atoms with Gasteiger partial charge in [-0.25, -0.2) is 22.7 Å². The number of carbonyl (C=O) groups excluding carboxylic acids is 2. The molecule has 0 spiro atoms. The highest BCUT2D eigenvalue weighted by molar-refractivity contribution is 7.92. The predicted molar refractivity (Wildman–Crippen MR) is 154 cm³/mol. The standard InChI is InChI=1S/C26H25ClN6O8S/c1-15-23(24(36)33(32(15)4)16-8-6-5-7-9-16)29-42(39,40)17-10-11-19(27)18(12-17)25(37)41-14-21(34)28-20-13-22(35)31(3)26(38)30(20)2/h5-13,29H,14H2,1-4H3,(H,28,34). The van der Waals surface area contributed by atoms with E-state index >= 15 is 0 Å². The van der Waals surface area contributed by atoms with Gasteiger partial charge in [0.25, 0.3) is 27.0 Å². The zero-order chi connectivity index (χ0) is 30.9. The maximum Gasteiger partial charge on any atom is 0.340 e. The summed E-state index contributed by atoms with van der Waals surface area (Å²) in [5.74, 6) is -2.11. The minimum absolute atomic E-state index is 0.121. The minimum atomic E-state index is -4.39. The van der Waals surface area contributed by atoms with Crippen molar-refractivity contribution in [2.24, 2.45) is 21.1 Å². The first-order valence-electron chi connectivity index (χ1n) is 12.1. The zero-order valence-corrected chi connectivity index (χ0v) is 24.3. The summed E-state index contributed by atoms with van der Waals surface area (Å²) in [5, 5.41) is 2.14. The molecule has 2 N–H and O–H groups in total. The quantitative estimate of drug-likeness (QED) is 0.277. The number of sulfonamides is 1. The van der Waals surface area contributed by atoms with Gasteiger partial charge in [-0.1, -0.05) is 29.8 Å². The fourth-order valence-corrected chi connectivity index (χ4v) is 5.28. The highest BCUT2D eigenvalue weighted by Crippen LogP contribution is 2.24. The van der Waals surface area contributed by atoms with Crippen LogP contribution in [0.3, 0.4) is 0 Å². The lowest BCUT2D eigenvalue weighted by Gasteiger charge is -2.12. The Morgan fingerprint density at radius 1 is 0.952 bits per heavy atom. The van der Waals surface area contributed by atoms with Crippen molar-refractivity contribution in [1.82, 2.24) is 18.5 Å². The molecule has 220 valence electrons. The molecule has 0 aliphatic rings. The van der Waals surface area contributed by atoms with Crippen molar-refractivity contribution in [1.29, 1.82) is 0 Å². The molecule has 0 aliphatic heterocycles. The summed E-state index contributed by atoms with van der Waals surface area (Å²) in [6, 6.07) is 12.9. The molecule has 42 heavy (non-hydrogen) atoms. The Morgan fingerprint density at radius 2 is 1.62 bits per heavy atom. The number of ether oxygens (including phenoxy) is 1. The van der Waals surface area contributed by atoms with Gasteiger partial charge in [0.05, 0.1) is 26.9 Å². The number of nitrogens with one attached hydrogen (secondary N) is 2. The average molecular weight is 617 g/mol. The van der Waals surface area contributed by atoms with Gasteiger partial charge in [-0.2, -0.15) is 0 Å². The SMILES string of the molecule is Cc1c(NS(=O)(=O)c2ccc(Cl)c(C(=O)OCC(=O)Nc3cc(=O)n(C)c(=O)n3C)c2)c(=O)n(-c2ccccc2)n1C. The molecule has 4 aromatic rings. The van der Waals surface area contributed by atoms with Crippen LogP contribution in [0.25, 0.3) is 5.69 Å². The van der Waals surface area contributed by atoms with Gasteiger partial charge in [-0.05, 0) is 37.3 Å². The third-order valence-corrected chi connectivity index (χ3v) is 8.06. The fourth-order valence-electron chi connectivity index (χ4n) is 3.95. The van der Waals surface area contributed by atoms with Gasteiger partial charge in [-0.3, -0.25) is 32.9 Å². The van der Waals surface area contributed by atoms with Gasteiger partial charge >= 0.3 is 11.7 Å². The molecule has 2 aromatic carbocycles. The number of nitrogens with zero attached hydrogens (tertiary/aromatic N) is 4. The Morgan fingerprint density at radius 3 is 2.29 bits per heavy atom. The molecular weight excluding hydrogens is 592 g/mol. The first-order valence-corrected chi connectivity index (χ1v) is 14.0. The summed E-state index contributed by atoms with van der Waals surface area (Å²) < 4.78 is 38.4. The third kappa shape index (κ3) is 5.77. The number of benzene rings is 2. The van der Waals surface area contributed by atoms with Gasteiger partial charge in [-0.15, -0.1) is 0 Å². The van der Waals surface area contributed by atoms with Crippen molar-refractivity contribution < 1.29 is 22.7 Å². The van der Waals surface area contributed by atoms with Gasteiger partial charge in [0.2, 0.25) is 0 Å². The second kappa shape index (κ2) is 11.5. The summed E-state index contributed by atoms with van der Waals surface area (Å²) in [6.45, 7) is 0.732. The number of para-hydroxylation sites is 1. The highest BCUT2D eigenvalue weighted by atomic mass is 35.5. The molecule has 4 rings (SSSR count). The Bertz CT molecular complexity index is 2010. The molecule has 0 saturated heterocycles. The molecule has 2 heterocycles. The molecule has 0 bridgehead atoms. The summed E-state index contributed by atoms with van der Waals surface area (Å²) in [4.78, 5) is 61.7. The topological polar surface area (TPSA) is 172 Å². The van der Waals surface area contributed by atoms with Crippen molar-refractivity contribution >= 4 is 45.0 Å². The predicted octanol–water partition coefficient (Wildman–Crippen LogP) is 1.13. The van der Waals surface area contributed by atoms with E-state index in [0.717, 1.165) is 33.4 Å². The summed E-state index contributed by atoms with van der Waals surface area (Å²) >= 11 is 6.11. The van der Waals surface area contributed by atoms with E-state index in [0.29, 0.717) is 11.4 Å².